The molecule has 0 aromatic heterocycles. The van der Waals surface area contributed by atoms with Gasteiger partial charge in [-0.25, -0.2) is 4.39 Å². The van der Waals surface area contributed by atoms with Gasteiger partial charge in [-0.15, -0.1) is 0 Å². The second kappa shape index (κ2) is 5.40. The summed E-state index contributed by atoms with van der Waals surface area (Å²) in [5, 5.41) is -0.390. The molecule has 3 heteroatoms. The largest absolute Gasteiger partial charge is 0.280 e. The predicted molar refractivity (Wildman–Crippen MR) is 73.3 cm³/mol. The van der Waals surface area contributed by atoms with Crippen molar-refractivity contribution in [2.75, 3.05) is 0 Å². The summed E-state index contributed by atoms with van der Waals surface area (Å²) >= 11 is 5.76. The van der Waals surface area contributed by atoms with Crippen molar-refractivity contribution in [3.05, 3.63) is 35.6 Å². The van der Waals surface area contributed by atoms with E-state index in [9.17, 15) is 9.18 Å². The van der Waals surface area contributed by atoms with Gasteiger partial charge in [0.2, 0.25) is 5.24 Å². The highest BCUT2D eigenvalue weighted by Gasteiger charge is 2.34. The zero-order valence-electron chi connectivity index (χ0n) is 11.4. The van der Waals surface area contributed by atoms with E-state index in [0.717, 1.165) is 12.0 Å². The number of hydrogen-bond donors (Lipinski definition) is 0. The molecule has 1 atom stereocenters. The van der Waals surface area contributed by atoms with E-state index < -0.39 is 10.7 Å². The van der Waals surface area contributed by atoms with Crippen molar-refractivity contribution in [1.82, 2.24) is 0 Å². The molecule has 1 aromatic rings. The van der Waals surface area contributed by atoms with E-state index in [1.165, 1.54) is 12.1 Å². The summed E-state index contributed by atoms with van der Waals surface area (Å²) in [4.78, 5) is 11.7. The van der Waals surface area contributed by atoms with Crippen LogP contribution in [0, 0.1) is 11.2 Å². The smallest absolute Gasteiger partial charge is 0.231 e. The molecule has 0 radical (unpaired) electrons. The van der Waals surface area contributed by atoms with Gasteiger partial charge in [0.05, 0.1) is 5.41 Å². The lowest BCUT2D eigenvalue weighted by atomic mass is 9.75. The molecule has 0 aliphatic heterocycles. The van der Waals surface area contributed by atoms with Gasteiger partial charge in [-0.2, -0.15) is 0 Å². The van der Waals surface area contributed by atoms with Crippen LogP contribution in [0.1, 0.15) is 46.1 Å². The number of carbonyl (C=O) groups is 1. The monoisotopic (exact) mass is 270 g/mol. The molecule has 0 saturated heterocycles. The Bertz CT molecular complexity index is 419. The predicted octanol–water partition coefficient (Wildman–Crippen LogP) is 4.68. The first kappa shape index (κ1) is 15.2. The Hall–Kier alpha value is -0.890. The van der Waals surface area contributed by atoms with Gasteiger partial charge in [-0.05, 0) is 54.5 Å². The van der Waals surface area contributed by atoms with Crippen molar-refractivity contribution in [3.63, 3.8) is 0 Å². The lowest BCUT2D eigenvalue weighted by Gasteiger charge is -2.29. The maximum absolute atomic E-state index is 12.9. The molecule has 0 unspecified atom stereocenters. The first-order valence-corrected chi connectivity index (χ1v) is 6.49. The summed E-state index contributed by atoms with van der Waals surface area (Å²) < 4.78 is 12.9. The average molecular weight is 271 g/mol. The maximum atomic E-state index is 12.9. The standard InChI is InChI=1S/C15H20ClFO/c1-14(2,3)9-10-15(4,13(16)18)11-5-7-12(17)8-6-11/h5-8H,9-10H2,1-4H3/t15-/m0/s1. The average Bonchev–Trinajstić information content (AvgIpc) is 2.25. The highest BCUT2D eigenvalue weighted by molar-refractivity contribution is 6.65. The van der Waals surface area contributed by atoms with Crippen LogP contribution in [-0.2, 0) is 10.2 Å². The summed E-state index contributed by atoms with van der Waals surface area (Å²) in [7, 11) is 0. The summed E-state index contributed by atoms with van der Waals surface area (Å²) in [6.07, 6.45) is 1.53. The topological polar surface area (TPSA) is 17.1 Å². The van der Waals surface area contributed by atoms with Crippen LogP contribution < -0.4 is 0 Å². The Morgan fingerprint density at radius 1 is 1.11 bits per heavy atom. The second-order valence-corrected chi connectivity index (χ2v) is 6.52. The van der Waals surface area contributed by atoms with Gasteiger partial charge < -0.3 is 0 Å². The quantitative estimate of drug-likeness (QED) is 0.727. The Morgan fingerprint density at radius 2 is 1.61 bits per heavy atom. The van der Waals surface area contributed by atoms with Gasteiger partial charge in [0.25, 0.3) is 0 Å². The van der Waals surface area contributed by atoms with E-state index in [0.29, 0.717) is 6.42 Å². The van der Waals surface area contributed by atoms with Crippen molar-refractivity contribution in [2.24, 2.45) is 5.41 Å². The van der Waals surface area contributed by atoms with Gasteiger partial charge in [0.1, 0.15) is 5.82 Å². The molecule has 1 aromatic carbocycles. The molecule has 0 heterocycles. The molecule has 1 nitrogen and oxygen atoms in total. The SMILES string of the molecule is CC(C)(C)CC[C@](C)(C(=O)Cl)c1ccc(F)cc1. The van der Waals surface area contributed by atoms with E-state index in [4.69, 9.17) is 11.6 Å². The van der Waals surface area contributed by atoms with Crippen molar-refractivity contribution < 1.29 is 9.18 Å². The third-order valence-electron chi connectivity index (χ3n) is 3.29. The normalized spacial score (nSPS) is 15.2. The summed E-state index contributed by atoms with van der Waals surface area (Å²) in [6.45, 7) is 8.19. The molecule has 0 N–H and O–H groups in total. The first-order chi connectivity index (χ1) is 8.15. The Kier molecular flexibility index (Phi) is 4.55. The summed E-state index contributed by atoms with van der Waals surface area (Å²) in [5.41, 5.74) is 0.157. The molecule has 0 saturated carbocycles. The van der Waals surface area contributed by atoms with Crippen molar-refractivity contribution in [3.8, 4) is 0 Å². The molecule has 0 spiro atoms. The van der Waals surface area contributed by atoms with Gasteiger partial charge in [0.15, 0.2) is 0 Å². The lowest BCUT2D eigenvalue weighted by molar-refractivity contribution is -0.116. The molecule has 0 amide bonds. The summed E-state index contributed by atoms with van der Waals surface area (Å²) in [5.74, 6) is -0.307. The zero-order valence-corrected chi connectivity index (χ0v) is 12.1. The highest BCUT2D eigenvalue weighted by atomic mass is 35.5. The fraction of sp³-hybridized carbons (Fsp3) is 0.533. The van der Waals surface area contributed by atoms with Crippen LogP contribution in [0.5, 0.6) is 0 Å². The molecule has 0 fully saturated rings. The number of rotatable bonds is 4. The number of halogens is 2. The van der Waals surface area contributed by atoms with Gasteiger partial charge in [-0.1, -0.05) is 32.9 Å². The third kappa shape index (κ3) is 3.81. The first-order valence-electron chi connectivity index (χ1n) is 6.11. The van der Waals surface area contributed by atoms with Crippen LogP contribution >= 0.6 is 11.6 Å². The minimum atomic E-state index is -0.747. The zero-order chi connectivity index (χ0) is 14.0. The fourth-order valence-electron chi connectivity index (χ4n) is 1.80. The van der Waals surface area contributed by atoms with Crippen LogP contribution in [0.2, 0.25) is 0 Å². The van der Waals surface area contributed by atoms with E-state index in [2.05, 4.69) is 20.8 Å². The molecule has 1 rings (SSSR count). The number of carbonyl (C=O) groups excluding carboxylic acids is 1. The van der Waals surface area contributed by atoms with E-state index >= 15 is 0 Å². The number of benzene rings is 1. The Labute approximate surface area is 113 Å². The lowest BCUT2D eigenvalue weighted by Crippen LogP contribution is -2.30. The molecule has 0 aliphatic carbocycles. The molecular formula is C15H20ClFO. The van der Waals surface area contributed by atoms with Crippen LogP contribution in [0.3, 0.4) is 0 Å². The minimum absolute atomic E-state index is 0.133. The molecule has 0 bridgehead atoms. The van der Waals surface area contributed by atoms with Crippen LogP contribution in [0.15, 0.2) is 24.3 Å². The number of hydrogen-bond acceptors (Lipinski definition) is 1. The third-order valence-corrected chi connectivity index (χ3v) is 3.71. The van der Waals surface area contributed by atoms with Crippen molar-refractivity contribution in [2.45, 2.75) is 46.0 Å². The van der Waals surface area contributed by atoms with Crippen LogP contribution in [-0.4, -0.2) is 5.24 Å². The van der Waals surface area contributed by atoms with Gasteiger partial charge >= 0.3 is 0 Å². The fourth-order valence-corrected chi connectivity index (χ4v) is 2.00. The summed E-state index contributed by atoms with van der Waals surface area (Å²) in [6, 6.07) is 6.01. The van der Waals surface area contributed by atoms with E-state index in [-0.39, 0.29) is 11.2 Å². The van der Waals surface area contributed by atoms with E-state index in [1.54, 1.807) is 12.1 Å². The molecule has 18 heavy (non-hydrogen) atoms. The van der Waals surface area contributed by atoms with E-state index in [1.807, 2.05) is 6.92 Å². The molecule has 0 aliphatic rings. The Balaban J connectivity index is 3.00. The van der Waals surface area contributed by atoms with Crippen molar-refractivity contribution in [1.29, 1.82) is 0 Å². The Morgan fingerprint density at radius 3 is 2.00 bits per heavy atom. The van der Waals surface area contributed by atoms with Crippen LogP contribution in [0.4, 0.5) is 4.39 Å². The molecular weight excluding hydrogens is 251 g/mol. The highest BCUT2D eigenvalue weighted by Crippen LogP contribution is 2.35. The second-order valence-electron chi connectivity index (χ2n) is 6.17. The van der Waals surface area contributed by atoms with Gasteiger partial charge in [-0.3, -0.25) is 4.79 Å². The minimum Gasteiger partial charge on any atom is -0.280 e. The van der Waals surface area contributed by atoms with Crippen molar-refractivity contribution >= 4 is 16.8 Å². The molecule has 100 valence electrons. The van der Waals surface area contributed by atoms with Gasteiger partial charge in [0, 0.05) is 0 Å². The maximum Gasteiger partial charge on any atom is 0.231 e. The van der Waals surface area contributed by atoms with Crippen LogP contribution in [0.25, 0.3) is 0 Å².